The van der Waals surface area contributed by atoms with Crippen LogP contribution in [0.1, 0.15) is 39.0 Å². The summed E-state index contributed by atoms with van der Waals surface area (Å²) < 4.78 is 28.2. The molecule has 0 unspecified atom stereocenters. The van der Waals surface area contributed by atoms with E-state index in [1.165, 1.54) is 4.31 Å². The highest BCUT2D eigenvalue weighted by molar-refractivity contribution is 7.86. The Hall–Kier alpha value is -0.860. The summed E-state index contributed by atoms with van der Waals surface area (Å²) in [6.07, 6.45) is 4.14. The van der Waals surface area contributed by atoms with E-state index in [9.17, 15) is 8.42 Å². The molecule has 0 amide bonds. The van der Waals surface area contributed by atoms with Gasteiger partial charge in [0, 0.05) is 31.6 Å². The second-order valence-corrected chi connectivity index (χ2v) is 7.84. The van der Waals surface area contributed by atoms with Crippen LogP contribution in [-0.2, 0) is 10.2 Å². The van der Waals surface area contributed by atoms with Gasteiger partial charge in [-0.05, 0) is 25.7 Å². The molecule has 2 fully saturated rings. The fourth-order valence-corrected chi connectivity index (χ4v) is 4.54. The first-order chi connectivity index (χ1) is 9.40. The first-order valence-corrected chi connectivity index (χ1v) is 8.53. The van der Waals surface area contributed by atoms with E-state index in [0.717, 1.165) is 19.3 Å². The van der Waals surface area contributed by atoms with E-state index in [2.05, 4.69) is 5.16 Å². The third-order valence-electron chi connectivity index (χ3n) is 4.52. The number of piperidine rings is 2. The van der Waals surface area contributed by atoms with Crippen LogP contribution < -0.4 is 5.73 Å². The molecule has 8 heteroatoms. The van der Waals surface area contributed by atoms with E-state index < -0.39 is 15.6 Å². The molecule has 0 saturated carbocycles. The molecule has 2 rings (SSSR count). The molecule has 116 valence electrons. The molecule has 2 aliphatic rings. The van der Waals surface area contributed by atoms with Crippen molar-refractivity contribution in [2.45, 2.75) is 39.0 Å². The summed E-state index contributed by atoms with van der Waals surface area (Å²) in [7, 11) is -3.34. The van der Waals surface area contributed by atoms with E-state index >= 15 is 0 Å². The van der Waals surface area contributed by atoms with Crippen LogP contribution in [-0.4, -0.2) is 54.3 Å². The van der Waals surface area contributed by atoms with Gasteiger partial charge < -0.3 is 10.9 Å². The van der Waals surface area contributed by atoms with E-state index in [-0.39, 0.29) is 5.84 Å². The minimum absolute atomic E-state index is 0.188. The normalized spacial score (nSPS) is 26.6. The van der Waals surface area contributed by atoms with Gasteiger partial charge in [0.25, 0.3) is 10.2 Å². The Bertz CT molecular complexity index is 463. The molecular weight excluding hydrogens is 280 g/mol. The molecule has 3 N–H and O–H groups in total. The predicted octanol–water partition coefficient (Wildman–Crippen LogP) is 0.566. The number of rotatable bonds is 3. The molecule has 2 heterocycles. The van der Waals surface area contributed by atoms with Crippen LogP contribution in [0.5, 0.6) is 0 Å². The monoisotopic (exact) mass is 304 g/mol. The summed E-state index contributed by atoms with van der Waals surface area (Å²) in [6.45, 7) is 4.00. The van der Waals surface area contributed by atoms with E-state index in [4.69, 9.17) is 10.9 Å². The largest absolute Gasteiger partial charge is 0.409 e. The first kappa shape index (κ1) is 15.5. The van der Waals surface area contributed by atoms with Crippen LogP contribution in [0.4, 0.5) is 0 Å². The zero-order chi connectivity index (χ0) is 14.8. The molecule has 7 nitrogen and oxygen atoms in total. The highest BCUT2D eigenvalue weighted by Gasteiger charge is 2.39. The maximum absolute atomic E-state index is 12.5. The van der Waals surface area contributed by atoms with Crippen molar-refractivity contribution in [3.8, 4) is 0 Å². The van der Waals surface area contributed by atoms with Crippen molar-refractivity contribution in [1.29, 1.82) is 0 Å². The van der Waals surface area contributed by atoms with Crippen LogP contribution in [0, 0.1) is 5.41 Å². The highest BCUT2D eigenvalue weighted by Crippen LogP contribution is 2.33. The van der Waals surface area contributed by atoms with Crippen LogP contribution in [0.2, 0.25) is 0 Å². The SMILES string of the molecule is CC1(C(N)=NO)CCN(S(=O)(=O)N2CCCCC2)CC1. The first-order valence-electron chi connectivity index (χ1n) is 7.13. The van der Waals surface area contributed by atoms with Crippen molar-refractivity contribution in [1.82, 2.24) is 8.61 Å². The average molecular weight is 304 g/mol. The zero-order valence-corrected chi connectivity index (χ0v) is 12.8. The number of amidine groups is 1. The molecular formula is C12H24N4O3S. The van der Waals surface area contributed by atoms with Crippen molar-refractivity contribution in [3.05, 3.63) is 0 Å². The molecule has 2 saturated heterocycles. The molecule has 20 heavy (non-hydrogen) atoms. The molecule has 0 spiro atoms. The van der Waals surface area contributed by atoms with Gasteiger partial charge in [-0.25, -0.2) is 0 Å². The van der Waals surface area contributed by atoms with E-state index in [1.807, 2.05) is 6.92 Å². The summed E-state index contributed by atoms with van der Waals surface area (Å²) in [5.41, 5.74) is 5.29. The summed E-state index contributed by atoms with van der Waals surface area (Å²) >= 11 is 0. The van der Waals surface area contributed by atoms with Gasteiger partial charge in [0.1, 0.15) is 5.84 Å². The van der Waals surface area contributed by atoms with Crippen molar-refractivity contribution in [3.63, 3.8) is 0 Å². The average Bonchev–Trinajstić information content (AvgIpc) is 2.47. The zero-order valence-electron chi connectivity index (χ0n) is 12.0. The second-order valence-electron chi connectivity index (χ2n) is 5.91. The van der Waals surface area contributed by atoms with Gasteiger partial charge in [-0.3, -0.25) is 0 Å². The van der Waals surface area contributed by atoms with Gasteiger partial charge >= 0.3 is 0 Å². The third-order valence-corrected chi connectivity index (χ3v) is 6.56. The van der Waals surface area contributed by atoms with Crippen molar-refractivity contribution in [2.24, 2.45) is 16.3 Å². The van der Waals surface area contributed by atoms with Gasteiger partial charge in [0.05, 0.1) is 0 Å². The highest BCUT2D eigenvalue weighted by atomic mass is 32.2. The lowest BCUT2D eigenvalue weighted by atomic mass is 9.80. The minimum Gasteiger partial charge on any atom is -0.409 e. The van der Waals surface area contributed by atoms with Crippen LogP contribution in [0.3, 0.4) is 0 Å². The van der Waals surface area contributed by atoms with Crippen LogP contribution >= 0.6 is 0 Å². The molecule has 0 aromatic rings. The number of hydrogen-bond donors (Lipinski definition) is 2. The molecule has 0 bridgehead atoms. The number of oxime groups is 1. The van der Waals surface area contributed by atoms with Gasteiger partial charge in [-0.15, -0.1) is 0 Å². The van der Waals surface area contributed by atoms with Gasteiger partial charge in [0.2, 0.25) is 0 Å². The fraction of sp³-hybridized carbons (Fsp3) is 0.917. The van der Waals surface area contributed by atoms with Crippen molar-refractivity contribution >= 4 is 16.0 Å². The molecule has 0 aromatic heterocycles. The lowest BCUT2D eigenvalue weighted by molar-refractivity contribution is 0.214. The molecule has 2 aliphatic heterocycles. The predicted molar refractivity (Wildman–Crippen MR) is 76.7 cm³/mol. The van der Waals surface area contributed by atoms with E-state index in [0.29, 0.717) is 39.0 Å². The summed E-state index contributed by atoms with van der Waals surface area (Å²) in [4.78, 5) is 0. The van der Waals surface area contributed by atoms with Crippen LogP contribution in [0.15, 0.2) is 5.16 Å². The Morgan fingerprint density at radius 3 is 2.10 bits per heavy atom. The minimum atomic E-state index is -3.34. The van der Waals surface area contributed by atoms with Gasteiger partial charge in [-0.1, -0.05) is 18.5 Å². The summed E-state index contributed by atoms with van der Waals surface area (Å²) in [5.74, 6) is 0.188. The fourth-order valence-electron chi connectivity index (χ4n) is 2.85. The lowest BCUT2D eigenvalue weighted by Crippen LogP contribution is -2.52. The Balaban J connectivity index is 2.03. The van der Waals surface area contributed by atoms with E-state index in [1.54, 1.807) is 4.31 Å². The second kappa shape index (κ2) is 5.87. The Morgan fingerprint density at radius 1 is 1.10 bits per heavy atom. The summed E-state index contributed by atoms with van der Waals surface area (Å²) in [5, 5.41) is 11.9. The molecule has 0 radical (unpaired) electrons. The number of nitrogens with zero attached hydrogens (tertiary/aromatic N) is 3. The number of hydrogen-bond acceptors (Lipinski definition) is 4. The maximum atomic E-state index is 12.5. The molecule has 0 aliphatic carbocycles. The smallest absolute Gasteiger partial charge is 0.281 e. The van der Waals surface area contributed by atoms with Gasteiger partial charge in [-0.2, -0.15) is 17.0 Å². The van der Waals surface area contributed by atoms with Crippen molar-refractivity contribution < 1.29 is 13.6 Å². The van der Waals surface area contributed by atoms with Crippen LogP contribution in [0.25, 0.3) is 0 Å². The summed E-state index contributed by atoms with van der Waals surface area (Å²) in [6, 6.07) is 0. The molecule has 0 aromatic carbocycles. The van der Waals surface area contributed by atoms with Gasteiger partial charge in [0.15, 0.2) is 0 Å². The lowest BCUT2D eigenvalue weighted by Gasteiger charge is -2.40. The topological polar surface area (TPSA) is 99.2 Å². The molecule has 0 atom stereocenters. The quantitative estimate of drug-likeness (QED) is 0.344. The maximum Gasteiger partial charge on any atom is 0.281 e. The Morgan fingerprint density at radius 2 is 1.60 bits per heavy atom. The Labute approximate surface area is 120 Å². The number of nitrogens with two attached hydrogens (primary N) is 1. The third kappa shape index (κ3) is 2.91. The van der Waals surface area contributed by atoms with Crippen molar-refractivity contribution in [2.75, 3.05) is 26.2 Å². The Kier molecular flexibility index (Phi) is 4.55. The standard InChI is InChI=1S/C12H24N4O3S/c1-12(11(13)14-17)5-9-16(10-6-12)20(18,19)15-7-3-2-4-8-15/h17H,2-10H2,1H3,(H2,13,14).